The normalized spacial score (nSPS) is 14.5. The third-order valence-corrected chi connectivity index (χ3v) is 4.33. The minimum Gasteiger partial charge on any atom is -0.212 e. The van der Waals surface area contributed by atoms with Gasteiger partial charge >= 0.3 is 6.18 Å². The first-order valence-corrected chi connectivity index (χ1v) is 7.51. The molecule has 0 spiro atoms. The predicted molar refractivity (Wildman–Crippen MR) is 64.1 cm³/mol. The van der Waals surface area contributed by atoms with Gasteiger partial charge in [0.05, 0.1) is 11.7 Å². The van der Waals surface area contributed by atoms with E-state index < -0.39 is 26.9 Å². The van der Waals surface area contributed by atoms with Crippen LogP contribution in [0.15, 0.2) is 24.3 Å². The first-order chi connectivity index (χ1) is 8.08. The van der Waals surface area contributed by atoms with Crippen molar-refractivity contribution in [1.29, 1.82) is 0 Å². The Morgan fingerprint density at radius 2 is 1.72 bits per heavy atom. The van der Waals surface area contributed by atoms with E-state index in [1.165, 1.54) is 0 Å². The van der Waals surface area contributed by atoms with Crippen molar-refractivity contribution < 1.29 is 21.6 Å². The predicted octanol–water partition coefficient (Wildman–Crippen LogP) is 3.43. The fraction of sp³-hybridized carbons (Fsp3) is 0.455. The summed E-state index contributed by atoms with van der Waals surface area (Å²) in [5.74, 6) is 0. The van der Waals surface area contributed by atoms with Gasteiger partial charge in [-0.25, -0.2) is 8.42 Å². The number of benzene rings is 1. The lowest BCUT2D eigenvalue weighted by Crippen LogP contribution is -2.26. The van der Waals surface area contributed by atoms with Gasteiger partial charge in [-0.2, -0.15) is 13.2 Å². The van der Waals surface area contributed by atoms with Gasteiger partial charge in [0, 0.05) is 10.7 Å². The molecular weight excluding hydrogens is 289 g/mol. The Kier molecular flexibility index (Phi) is 4.66. The summed E-state index contributed by atoms with van der Waals surface area (Å²) in [6.45, 7) is 1.83. The maximum atomic E-state index is 12.3. The highest BCUT2D eigenvalue weighted by Crippen LogP contribution is 2.28. The molecule has 0 amide bonds. The number of rotatable bonds is 4. The van der Waals surface area contributed by atoms with E-state index in [0.717, 1.165) is 5.56 Å². The summed E-state index contributed by atoms with van der Waals surface area (Å²) in [5.41, 5.74) is 1.46. The van der Waals surface area contributed by atoms with Gasteiger partial charge < -0.3 is 0 Å². The van der Waals surface area contributed by atoms with E-state index in [-0.39, 0.29) is 6.42 Å². The van der Waals surface area contributed by atoms with Crippen LogP contribution in [0, 0.1) is 6.92 Å². The second-order valence-corrected chi connectivity index (χ2v) is 7.01. The highest BCUT2D eigenvalue weighted by Gasteiger charge is 2.37. The zero-order chi connectivity index (χ0) is 14.0. The van der Waals surface area contributed by atoms with Crippen molar-refractivity contribution in [3.8, 4) is 0 Å². The molecule has 0 radical (unpaired) electrons. The Bertz CT molecular complexity index is 494. The van der Waals surface area contributed by atoms with E-state index in [9.17, 15) is 21.6 Å². The smallest absolute Gasteiger partial charge is 0.212 e. The van der Waals surface area contributed by atoms with E-state index in [1.54, 1.807) is 24.3 Å². The molecule has 0 aromatic heterocycles. The van der Waals surface area contributed by atoms with Gasteiger partial charge in [0.15, 0.2) is 0 Å². The van der Waals surface area contributed by atoms with E-state index in [2.05, 4.69) is 0 Å². The highest BCUT2D eigenvalue weighted by molar-refractivity contribution is 8.14. The molecule has 18 heavy (non-hydrogen) atoms. The Labute approximate surface area is 108 Å². The van der Waals surface area contributed by atoms with Crippen LogP contribution in [0.5, 0.6) is 0 Å². The van der Waals surface area contributed by atoms with Gasteiger partial charge in [0.1, 0.15) is 0 Å². The minimum absolute atomic E-state index is 0.244. The third-order valence-electron chi connectivity index (χ3n) is 2.44. The van der Waals surface area contributed by atoms with E-state index in [4.69, 9.17) is 10.7 Å². The van der Waals surface area contributed by atoms with E-state index >= 15 is 0 Å². The molecule has 2 nitrogen and oxygen atoms in total. The molecule has 0 aliphatic heterocycles. The molecule has 1 rings (SSSR count). The van der Waals surface area contributed by atoms with Crippen LogP contribution >= 0.6 is 10.7 Å². The summed E-state index contributed by atoms with van der Waals surface area (Å²) in [4.78, 5) is 0. The molecule has 0 bridgehead atoms. The van der Waals surface area contributed by atoms with Crippen LogP contribution in [-0.4, -0.2) is 19.8 Å². The molecule has 0 fully saturated rings. The van der Waals surface area contributed by atoms with Gasteiger partial charge in [-0.15, -0.1) is 0 Å². The molecule has 102 valence electrons. The summed E-state index contributed by atoms with van der Waals surface area (Å²) in [5, 5.41) is -1.65. The molecule has 1 atom stereocenters. The number of halogens is 4. The second kappa shape index (κ2) is 5.48. The first-order valence-electron chi connectivity index (χ1n) is 5.14. The van der Waals surface area contributed by atoms with Crippen molar-refractivity contribution in [3.63, 3.8) is 0 Å². The van der Waals surface area contributed by atoms with Crippen LogP contribution < -0.4 is 0 Å². The zero-order valence-corrected chi connectivity index (χ0v) is 11.1. The lowest BCUT2D eigenvalue weighted by molar-refractivity contribution is -0.134. The lowest BCUT2D eigenvalue weighted by Gasteiger charge is -2.15. The zero-order valence-electron chi connectivity index (χ0n) is 9.54. The fourth-order valence-corrected chi connectivity index (χ4v) is 2.67. The molecular formula is C11H12ClF3O2S. The summed E-state index contributed by atoms with van der Waals surface area (Å²) < 4.78 is 59.1. The molecule has 1 aromatic rings. The topological polar surface area (TPSA) is 34.1 Å². The van der Waals surface area contributed by atoms with Gasteiger partial charge in [-0.05, 0) is 18.9 Å². The molecule has 0 aliphatic rings. The van der Waals surface area contributed by atoms with Crippen LogP contribution in [0.2, 0.25) is 0 Å². The Morgan fingerprint density at radius 3 is 2.11 bits per heavy atom. The molecule has 1 aromatic carbocycles. The standard InChI is InChI=1S/C11H12ClF3O2S/c1-8-2-4-9(5-3-8)6-10(18(12,16)17)7-11(13,14)15/h2-5,10H,6-7H2,1H3. The van der Waals surface area contributed by atoms with Crippen LogP contribution in [0.1, 0.15) is 17.5 Å². The van der Waals surface area contributed by atoms with Gasteiger partial charge in [-0.1, -0.05) is 29.8 Å². The molecule has 7 heteroatoms. The van der Waals surface area contributed by atoms with Gasteiger partial charge in [0.25, 0.3) is 0 Å². The molecule has 0 aliphatic carbocycles. The Hall–Kier alpha value is -0.750. The van der Waals surface area contributed by atoms with Crippen molar-refractivity contribution in [2.45, 2.75) is 31.2 Å². The summed E-state index contributed by atoms with van der Waals surface area (Å²) in [7, 11) is 0.804. The van der Waals surface area contributed by atoms with Crippen molar-refractivity contribution in [2.24, 2.45) is 0 Å². The first kappa shape index (κ1) is 15.3. The Balaban J connectivity index is 2.89. The minimum atomic E-state index is -4.56. The van der Waals surface area contributed by atoms with Crippen molar-refractivity contribution in [2.75, 3.05) is 0 Å². The Morgan fingerprint density at radius 1 is 1.22 bits per heavy atom. The van der Waals surface area contributed by atoms with Crippen LogP contribution in [-0.2, 0) is 15.5 Å². The SMILES string of the molecule is Cc1ccc(CC(CC(F)(F)F)S(=O)(=O)Cl)cc1. The van der Waals surface area contributed by atoms with Gasteiger partial charge in [-0.3, -0.25) is 0 Å². The molecule has 0 saturated carbocycles. The highest BCUT2D eigenvalue weighted by atomic mass is 35.7. The number of hydrogen-bond acceptors (Lipinski definition) is 2. The van der Waals surface area contributed by atoms with Crippen LogP contribution in [0.25, 0.3) is 0 Å². The number of alkyl halides is 3. The van der Waals surface area contributed by atoms with Gasteiger partial charge in [0.2, 0.25) is 9.05 Å². The fourth-order valence-electron chi connectivity index (χ4n) is 1.52. The average Bonchev–Trinajstić information content (AvgIpc) is 2.17. The molecule has 1 unspecified atom stereocenters. The maximum Gasteiger partial charge on any atom is 0.390 e. The molecule has 0 saturated heterocycles. The van der Waals surface area contributed by atoms with Crippen molar-refractivity contribution in [1.82, 2.24) is 0 Å². The summed E-state index contributed by atoms with van der Waals surface area (Å²) in [6.07, 6.45) is -6.24. The van der Waals surface area contributed by atoms with E-state index in [0.29, 0.717) is 5.56 Å². The van der Waals surface area contributed by atoms with Crippen LogP contribution in [0.3, 0.4) is 0 Å². The van der Waals surface area contributed by atoms with E-state index in [1.807, 2.05) is 6.92 Å². The van der Waals surface area contributed by atoms with Crippen LogP contribution in [0.4, 0.5) is 13.2 Å². The average molecular weight is 301 g/mol. The summed E-state index contributed by atoms with van der Waals surface area (Å²) in [6, 6.07) is 6.61. The third kappa shape index (κ3) is 5.27. The number of aryl methyl sites for hydroxylation is 1. The van der Waals surface area contributed by atoms with Crippen molar-refractivity contribution in [3.05, 3.63) is 35.4 Å². The quantitative estimate of drug-likeness (QED) is 0.798. The molecule has 0 N–H and O–H groups in total. The lowest BCUT2D eigenvalue weighted by atomic mass is 10.1. The second-order valence-electron chi connectivity index (χ2n) is 4.11. The largest absolute Gasteiger partial charge is 0.390 e. The maximum absolute atomic E-state index is 12.3. The number of hydrogen-bond donors (Lipinski definition) is 0. The monoisotopic (exact) mass is 300 g/mol. The summed E-state index contributed by atoms with van der Waals surface area (Å²) >= 11 is 0. The molecule has 0 heterocycles. The van der Waals surface area contributed by atoms with Crippen molar-refractivity contribution >= 4 is 19.7 Å².